The van der Waals surface area contributed by atoms with Crippen LogP contribution >= 0.6 is 11.6 Å². The van der Waals surface area contributed by atoms with Crippen LogP contribution in [0.15, 0.2) is 72.3 Å². The lowest BCUT2D eigenvalue weighted by molar-refractivity contribution is -0.132. The standard InChI is InChI=1S/C29H29ClN2O3/c1-5-31(6-2)23-15-13-20(14-16-23)26-25(27(33)21-10-8-11-22(30)17-21)28(34)29(35)32(26)24-12-7-9-18(3)19(24)4/h7-17,26,33H,5-6H2,1-4H3/b27-25+. The molecule has 1 saturated heterocycles. The zero-order valence-corrected chi connectivity index (χ0v) is 21.1. The smallest absolute Gasteiger partial charge is 0.300 e. The van der Waals surface area contributed by atoms with Crippen molar-refractivity contribution < 1.29 is 14.7 Å². The Hall–Kier alpha value is -3.57. The van der Waals surface area contributed by atoms with E-state index in [1.807, 2.05) is 56.3 Å². The number of ketones is 1. The molecule has 0 bridgehead atoms. The molecule has 0 saturated carbocycles. The lowest BCUT2D eigenvalue weighted by atomic mass is 9.94. The second kappa shape index (κ2) is 9.96. The van der Waals surface area contributed by atoms with Crippen molar-refractivity contribution in [2.45, 2.75) is 33.7 Å². The summed E-state index contributed by atoms with van der Waals surface area (Å²) in [6, 6.07) is 19.4. The summed E-state index contributed by atoms with van der Waals surface area (Å²) in [4.78, 5) is 30.5. The fraction of sp³-hybridized carbons (Fsp3) is 0.241. The van der Waals surface area contributed by atoms with E-state index in [2.05, 4.69) is 18.7 Å². The Kier molecular flexibility index (Phi) is 6.99. The molecule has 3 aromatic carbocycles. The molecule has 1 unspecified atom stereocenters. The van der Waals surface area contributed by atoms with Gasteiger partial charge in [0.15, 0.2) is 0 Å². The van der Waals surface area contributed by atoms with Crippen molar-refractivity contribution in [1.29, 1.82) is 0 Å². The van der Waals surface area contributed by atoms with Gasteiger partial charge in [0.25, 0.3) is 11.7 Å². The largest absolute Gasteiger partial charge is 0.507 e. The third kappa shape index (κ3) is 4.44. The summed E-state index contributed by atoms with van der Waals surface area (Å²) in [6.45, 7) is 9.82. The number of halogens is 1. The summed E-state index contributed by atoms with van der Waals surface area (Å²) in [5.74, 6) is -1.63. The number of hydrogen-bond acceptors (Lipinski definition) is 4. The van der Waals surface area contributed by atoms with Crippen molar-refractivity contribution in [1.82, 2.24) is 0 Å². The van der Waals surface area contributed by atoms with Crippen LogP contribution in [0.4, 0.5) is 11.4 Å². The summed E-state index contributed by atoms with van der Waals surface area (Å²) in [5.41, 5.74) is 4.80. The van der Waals surface area contributed by atoms with Crippen LogP contribution in [0.5, 0.6) is 0 Å². The first kappa shape index (κ1) is 24.6. The Morgan fingerprint density at radius 2 is 1.63 bits per heavy atom. The number of carbonyl (C=O) groups excluding carboxylic acids is 2. The number of carbonyl (C=O) groups is 2. The van der Waals surface area contributed by atoms with Crippen molar-refractivity contribution in [2.75, 3.05) is 22.9 Å². The molecule has 0 radical (unpaired) electrons. The lowest BCUT2D eigenvalue weighted by Crippen LogP contribution is -2.30. The predicted molar refractivity (Wildman–Crippen MR) is 142 cm³/mol. The fourth-order valence-electron chi connectivity index (χ4n) is 4.64. The van der Waals surface area contributed by atoms with E-state index in [1.54, 1.807) is 24.3 Å². The van der Waals surface area contributed by atoms with Gasteiger partial charge in [-0.2, -0.15) is 0 Å². The SMILES string of the molecule is CCN(CC)c1ccc(C2/C(=C(\O)c3cccc(Cl)c3)C(=O)C(=O)N2c2cccc(C)c2C)cc1. The minimum Gasteiger partial charge on any atom is -0.507 e. The van der Waals surface area contributed by atoms with Gasteiger partial charge in [-0.1, -0.05) is 48.0 Å². The Morgan fingerprint density at radius 3 is 2.26 bits per heavy atom. The highest BCUT2D eigenvalue weighted by molar-refractivity contribution is 6.51. The number of nitrogens with zero attached hydrogens (tertiary/aromatic N) is 2. The van der Waals surface area contributed by atoms with E-state index in [9.17, 15) is 14.7 Å². The molecule has 35 heavy (non-hydrogen) atoms. The van der Waals surface area contributed by atoms with E-state index in [4.69, 9.17) is 11.6 Å². The summed E-state index contributed by atoms with van der Waals surface area (Å²) in [7, 11) is 0. The zero-order chi connectivity index (χ0) is 25.3. The van der Waals surface area contributed by atoms with Gasteiger partial charge in [-0.3, -0.25) is 14.5 Å². The van der Waals surface area contributed by atoms with Gasteiger partial charge >= 0.3 is 0 Å². The van der Waals surface area contributed by atoms with Gasteiger partial charge in [0.2, 0.25) is 0 Å². The maximum atomic E-state index is 13.4. The highest BCUT2D eigenvalue weighted by atomic mass is 35.5. The number of amides is 1. The molecule has 0 spiro atoms. The van der Waals surface area contributed by atoms with Crippen LogP contribution in [0.1, 0.15) is 42.1 Å². The molecule has 6 heteroatoms. The zero-order valence-electron chi connectivity index (χ0n) is 20.4. The van der Waals surface area contributed by atoms with Gasteiger partial charge in [0, 0.05) is 35.1 Å². The first-order chi connectivity index (χ1) is 16.8. The van der Waals surface area contributed by atoms with Gasteiger partial charge in [0.05, 0.1) is 11.6 Å². The fourth-order valence-corrected chi connectivity index (χ4v) is 4.83. The molecule has 1 atom stereocenters. The van der Waals surface area contributed by atoms with E-state index in [0.29, 0.717) is 16.3 Å². The van der Waals surface area contributed by atoms with Crippen molar-refractivity contribution in [2.24, 2.45) is 0 Å². The van der Waals surface area contributed by atoms with Gasteiger partial charge in [0.1, 0.15) is 5.76 Å². The normalized spacial score (nSPS) is 17.2. The van der Waals surface area contributed by atoms with Crippen LogP contribution in [0.3, 0.4) is 0 Å². The van der Waals surface area contributed by atoms with Crippen LogP contribution in [0, 0.1) is 13.8 Å². The summed E-state index contributed by atoms with van der Waals surface area (Å²) >= 11 is 6.15. The third-order valence-corrected chi connectivity index (χ3v) is 6.95. The number of anilines is 2. The molecule has 5 nitrogen and oxygen atoms in total. The van der Waals surface area contributed by atoms with Gasteiger partial charge in [-0.25, -0.2) is 0 Å². The molecule has 1 aliphatic heterocycles. The molecule has 0 aliphatic carbocycles. The van der Waals surface area contributed by atoms with Crippen LogP contribution < -0.4 is 9.80 Å². The van der Waals surface area contributed by atoms with Crippen molar-refractivity contribution in [3.63, 3.8) is 0 Å². The Bertz CT molecular complexity index is 1310. The molecule has 1 aliphatic rings. The number of aliphatic hydroxyl groups excluding tert-OH is 1. The molecule has 3 aromatic rings. The van der Waals surface area contributed by atoms with E-state index >= 15 is 0 Å². The van der Waals surface area contributed by atoms with Crippen LogP contribution in [0.2, 0.25) is 5.02 Å². The lowest BCUT2D eigenvalue weighted by Gasteiger charge is -2.28. The monoisotopic (exact) mass is 488 g/mol. The molecule has 180 valence electrons. The third-order valence-electron chi connectivity index (χ3n) is 6.72. The summed E-state index contributed by atoms with van der Waals surface area (Å²) in [6.07, 6.45) is 0. The Morgan fingerprint density at radius 1 is 0.971 bits per heavy atom. The molecule has 1 fully saturated rings. The molecular formula is C29H29ClN2O3. The van der Waals surface area contributed by atoms with E-state index in [1.165, 1.54) is 4.90 Å². The van der Waals surface area contributed by atoms with Crippen LogP contribution in [-0.2, 0) is 9.59 Å². The quantitative estimate of drug-likeness (QED) is 0.247. The Labute approximate surface area is 211 Å². The number of benzene rings is 3. The second-order valence-electron chi connectivity index (χ2n) is 8.66. The maximum Gasteiger partial charge on any atom is 0.300 e. The number of Topliss-reactive ketones (excluding diaryl/α,β-unsaturated/α-hetero) is 1. The van der Waals surface area contributed by atoms with E-state index in [0.717, 1.165) is 35.5 Å². The Balaban J connectivity index is 1.94. The van der Waals surface area contributed by atoms with E-state index < -0.39 is 17.7 Å². The molecule has 1 amide bonds. The first-order valence-corrected chi connectivity index (χ1v) is 12.1. The van der Waals surface area contributed by atoms with Crippen molar-refractivity contribution in [3.8, 4) is 0 Å². The van der Waals surface area contributed by atoms with Gasteiger partial charge in [-0.15, -0.1) is 0 Å². The average molecular weight is 489 g/mol. The van der Waals surface area contributed by atoms with Crippen molar-refractivity contribution >= 4 is 40.4 Å². The minimum atomic E-state index is -0.778. The number of aliphatic hydroxyl groups is 1. The number of hydrogen-bond donors (Lipinski definition) is 1. The molecule has 1 heterocycles. The number of rotatable bonds is 6. The van der Waals surface area contributed by atoms with E-state index in [-0.39, 0.29) is 11.3 Å². The van der Waals surface area contributed by atoms with Gasteiger partial charge < -0.3 is 10.0 Å². The summed E-state index contributed by atoms with van der Waals surface area (Å²) in [5, 5.41) is 11.7. The summed E-state index contributed by atoms with van der Waals surface area (Å²) < 4.78 is 0. The second-order valence-corrected chi connectivity index (χ2v) is 9.10. The van der Waals surface area contributed by atoms with Crippen molar-refractivity contribution in [3.05, 3.63) is 99.6 Å². The predicted octanol–water partition coefficient (Wildman–Crippen LogP) is 6.43. The molecule has 1 N–H and O–H groups in total. The number of aryl methyl sites for hydroxylation is 1. The highest BCUT2D eigenvalue weighted by Crippen LogP contribution is 2.43. The maximum absolute atomic E-state index is 13.4. The minimum absolute atomic E-state index is 0.0498. The van der Waals surface area contributed by atoms with Gasteiger partial charge in [-0.05, 0) is 74.7 Å². The van der Waals surface area contributed by atoms with Crippen LogP contribution in [-0.4, -0.2) is 29.9 Å². The molecule has 4 rings (SSSR count). The molecular weight excluding hydrogens is 460 g/mol. The first-order valence-electron chi connectivity index (χ1n) is 11.8. The highest BCUT2D eigenvalue weighted by Gasteiger charge is 2.47. The molecule has 0 aromatic heterocycles. The van der Waals surface area contributed by atoms with Crippen LogP contribution in [0.25, 0.3) is 5.76 Å². The topological polar surface area (TPSA) is 60.9 Å². The average Bonchev–Trinajstić information content (AvgIpc) is 3.12.